The second-order valence-corrected chi connectivity index (χ2v) is 16.4. The van der Waals surface area contributed by atoms with Crippen LogP contribution in [-0.2, 0) is 38.4 Å². The van der Waals surface area contributed by atoms with E-state index >= 15 is 0 Å². The highest BCUT2D eigenvalue weighted by molar-refractivity contribution is 5.97. The van der Waals surface area contributed by atoms with Crippen LogP contribution in [0.2, 0.25) is 0 Å². The fraction of sp³-hybridized carbons (Fsp3) is 0.789. The number of primary amides is 1. The van der Waals surface area contributed by atoms with Gasteiger partial charge in [-0.05, 0) is 61.7 Å². The van der Waals surface area contributed by atoms with Crippen molar-refractivity contribution in [3.63, 3.8) is 0 Å². The van der Waals surface area contributed by atoms with Crippen molar-refractivity contribution in [1.29, 1.82) is 0 Å². The van der Waals surface area contributed by atoms with Gasteiger partial charge in [0.25, 0.3) is 0 Å². The minimum atomic E-state index is -1.34. The van der Waals surface area contributed by atoms with Crippen molar-refractivity contribution in [3.05, 3.63) is 0 Å². The third kappa shape index (κ3) is 15.8. The third-order valence-corrected chi connectivity index (χ3v) is 9.81. The van der Waals surface area contributed by atoms with Gasteiger partial charge in [0.1, 0.15) is 36.3 Å². The summed E-state index contributed by atoms with van der Waals surface area (Å²) in [5.74, 6) is -6.81. The lowest BCUT2D eigenvalue weighted by Crippen LogP contribution is -2.61. The first-order chi connectivity index (χ1) is 25.5. The van der Waals surface area contributed by atoms with E-state index in [1.807, 2.05) is 27.7 Å². The Balaban J connectivity index is 3.23. The number of nitrogens with one attached hydrogen (secondary N) is 5. The van der Waals surface area contributed by atoms with Gasteiger partial charge in [-0.15, -0.1) is 0 Å². The van der Waals surface area contributed by atoms with Crippen molar-refractivity contribution in [3.8, 4) is 0 Å². The van der Waals surface area contributed by atoms with Gasteiger partial charge >= 0.3 is 5.97 Å². The van der Waals surface area contributed by atoms with Crippen molar-refractivity contribution in [1.82, 2.24) is 31.5 Å². The van der Waals surface area contributed by atoms with Crippen LogP contribution < -0.4 is 38.1 Å². The number of carbonyl (C=O) groups excluding carboxylic acids is 7. The lowest BCUT2D eigenvalue weighted by atomic mass is 9.97. The van der Waals surface area contributed by atoms with Crippen LogP contribution >= 0.6 is 0 Å². The molecular weight excluding hydrogens is 712 g/mol. The van der Waals surface area contributed by atoms with Crippen LogP contribution in [0.1, 0.15) is 114 Å². The van der Waals surface area contributed by atoms with Crippen LogP contribution in [0.25, 0.3) is 0 Å². The van der Waals surface area contributed by atoms with E-state index in [1.165, 1.54) is 4.90 Å². The molecule has 10 N–H and O–H groups in total. The minimum absolute atomic E-state index is 0.116. The van der Waals surface area contributed by atoms with Crippen LogP contribution in [0.3, 0.4) is 0 Å². The summed E-state index contributed by atoms with van der Waals surface area (Å²) in [6.45, 7) is 18.2. The van der Waals surface area contributed by atoms with E-state index in [1.54, 1.807) is 41.5 Å². The number of aliphatic carboxylic acids is 1. The average Bonchev–Trinajstić information content (AvgIpc) is 3.58. The lowest BCUT2D eigenvalue weighted by molar-refractivity contribution is -0.144. The Labute approximate surface area is 326 Å². The maximum Gasteiger partial charge on any atom is 0.326 e. The van der Waals surface area contributed by atoms with Gasteiger partial charge in [-0.1, -0.05) is 75.7 Å². The highest BCUT2D eigenvalue weighted by Gasteiger charge is 2.41. The molecule has 0 radical (unpaired) electrons. The number of nitrogens with two attached hydrogens (primary N) is 2. The molecule has 0 bridgehead atoms. The molecule has 0 spiro atoms. The number of carboxylic acid groups (broad SMARTS) is 1. The Morgan fingerprint density at radius 1 is 0.691 bits per heavy atom. The second kappa shape index (κ2) is 22.9. The van der Waals surface area contributed by atoms with Gasteiger partial charge in [0, 0.05) is 13.0 Å². The maximum atomic E-state index is 13.8. The zero-order chi connectivity index (χ0) is 42.3. The van der Waals surface area contributed by atoms with Crippen molar-refractivity contribution >= 4 is 47.3 Å². The highest BCUT2D eigenvalue weighted by atomic mass is 16.4. The number of nitrogens with zero attached hydrogens (tertiary/aromatic N) is 1. The number of carbonyl (C=O) groups is 8. The third-order valence-electron chi connectivity index (χ3n) is 9.81. The Hall–Kier alpha value is -4.28. The van der Waals surface area contributed by atoms with Crippen LogP contribution in [0.15, 0.2) is 0 Å². The second-order valence-electron chi connectivity index (χ2n) is 16.4. The summed E-state index contributed by atoms with van der Waals surface area (Å²) in [6, 6.07) is -7.51. The maximum absolute atomic E-state index is 13.8. The Kier molecular flexibility index (Phi) is 20.3. The van der Waals surface area contributed by atoms with Gasteiger partial charge in [0.15, 0.2) is 0 Å². The molecule has 1 aliphatic rings. The number of hydrogen-bond acceptors (Lipinski definition) is 9. The number of carboxylic acids is 1. The number of hydrogen-bond donors (Lipinski definition) is 8. The molecule has 0 unspecified atom stereocenters. The molecule has 314 valence electrons. The smallest absolute Gasteiger partial charge is 0.326 e. The molecule has 1 heterocycles. The average molecular weight is 781 g/mol. The zero-order valence-electron chi connectivity index (χ0n) is 34.4. The van der Waals surface area contributed by atoms with Crippen molar-refractivity contribution in [2.45, 2.75) is 156 Å². The fourth-order valence-electron chi connectivity index (χ4n) is 6.38. The van der Waals surface area contributed by atoms with Crippen LogP contribution in [0.5, 0.6) is 0 Å². The van der Waals surface area contributed by atoms with Crippen LogP contribution in [-0.4, -0.2) is 106 Å². The molecule has 17 nitrogen and oxygen atoms in total. The highest BCUT2D eigenvalue weighted by Crippen LogP contribution is 2.22. The molecule has 55 heavy (non-hydrogen) atoms. The zero-order valence-corrected chi connectivity index (χ0v) is 34.4. The minimum Gasteiger partial charge on any atom is -0.480 e. The summed E-state index contributed by atoms with van der Waals surface area (Å²) in [7, 11) is 0. The Morgan fingerprint density at radius 3 is 1.71 bits per heavy atom. The molecule has 0 aromatic carbocycles. The largest absolute Gasteiger partial charge is 0.480 e. The molecule has 1 saturated heterocycles. The molecule has 0 saturated carbocycles. The predicted octanol–water partition coefficient (Wildman–Crippen LogP) is 0.529. The Bertz CT molecular complexity index is 1350. The summed E-state index contributed by atoms with van der Waals surface area (Å²) < 4.78 is 0. The molecule has 17 heteroatoms. The number of likely N-dealkylation sites (tertiary alicyclic amines) is 1. The van der Waals surface area contributed by atoms with Crippen molar-refractivity contribution < 1.29 is 43.5 Å². The molecule has 0 aromatic rings. The Morgan fingerprint density at radius 2 is 1.22 bits per heavy atom. The summed E-state index contributed by atoms with van der Waals surface area (Å²) in [6.07, 6.45) is 1.40. The number of amides is 7. The topological polar surface area (TPSA) is 272 Å². The van der Waals surface area contributed by atoms with E-state index in [9.17, 15) is 43.5 Å². The van der Waals surface area contributed by atoms with Gasteiger partial charge in [0.05, 0.1) is 6.04 Å². The van der Waals surface area contributed by atoms with Crippen molar-refractivity contribution in [2.24, 2.45) is 41.1 Å². The van der Waals surface area contributed by atoms with E-state index in [-0.39, 0.29) is 43.6 Å². The SMILES string of the molecule is CC[C@H](C)[C@H](NC(=O)[C@H](CCC(N)=O)NC(=O)[C@H](CC(C)C)NC(=O)[C@@H](NC(=O)[C@@H]1CCCN1C(=O)[C@@H](NC(=O)[C@@H](N)CC(C)C)C(C)C)C(C)C)C(=O)O. The quantitative estimate of drug-likeness (QED) is 0.0713. The van der Waals surface area contributed by atoms with Crippen LogP contribution in [0.4, 0.5) is 0 Å². The molecule has 8 atom stereocenters. The fourth-order valence-corrected chi connectivity index (χ4v) is 6.38. The monoisotopic (exact) mass is 781 g/mol. The van der Waals surface area contributed by atoms with E-state index in [4.69, 9.17) is 11.5 Å². The summed E-state index contributed by atoms with van der Waals surface area (Å²) in [4.78, 5) is 106. The van der Waals surface area contributed by atoms with Gasteiger partial charge in [-0.25, -0.2) is 4.79 Å². The van der Waals surface area contributed by atoms with Gasteiger partial charge in [-0.3, -0.25) is 33.6 Å². The normalized spacial score (nSPS) is 18.2. The van der Waals surface area contributed by atoms with Gasteiger partial charge in [-0.2, -0.15) is 0 Å². The summed E-state index contributed by atoms with van der Waals surface area (Å²) in [5, 5.41) is 23.0. The van der Waals surface area contributed by atoms with E-state index in [0.29, 0.717) is 25.7 Å². The predicted molar refractivity (Wildman–Crippen MR) is 206 cm³/mol. The van der Waals surface area contributed by atoms with E-state index in [2.05, 4.69) is 26.6 Å². The first kappa shape index (κ1) is 48.7. The number of rotatable bonds is 23. The lowest BCUT2D eigenvalue weighted by Gasteiger charge is -2.32. The molecule has 0 aliphatic carbocycles. The summed E-state index contributed by atoms with van der Waals surface area (Å²) in [5.41, 5.74) is 11.4. The van der Waals surface area contributed by atoms with Gasteiger partial charge < -0.3 is 48.1 Å². The van der Waals surface area contributed by atoms with E-state index < -0.39 is 101 Å². The molecular formula is C38H68N8O9. The molecule has 1 fully saturated rings. The van der Waals surface area contributed by atoms with Gasteiger partial charge in [0.2, 0.25) is 41.4 Å². The van der Waals surface area contributed by atoms with Crippen molar-refractivity contribution in [2.75, 3.05) is 6.54 Å². The molecule has 1 aliphatic heterocycles. The van der Waals surface area contributed by atoms with E-state index in [0.717, 1.165) is 0 Å². The molecule has 1 rings (SSSR count). The summed E-state index contributed by atoms with van der Waals surface area (Å²) >= 11 is 0. The standard InChI is InChI=1S/C38H68N8O9/c1-11-23(10)31(38(54)55)45-33(49)25(14-15-28(40)47)41-34(50)26(18-20(4)5)42-36(52)29(21(6)7)43-35(51)27-13-12-16-46(27)37(53)30(22(8)9)44-32(48)24(39)17-19(2)3/h19-27,29-31H,11-18,39H2,1-10H3,(H2,40,47)(H,41,50)(H,42,52)(H,43,51)(H,44,48)(H,45,49)(H,54,55)/t23-,24-,25-,26-,27-,29-,30-,31-/m0/s1. The van der Waals surface area contributed by atoms with Crippen LogP contribution in [0, 0.1) is 29.6 Å². The first-order valence-electron chi connectivity index (χ1n) is 19.6. The molecule has 7 amide bonds. The first-order valence-corrected chi connectivity index (χ1v) is 19.6. The molecule has 0 aromatic heterocycles.